The van der Waals surface area contributed by atoms with E-state index in [1.807, 2.05) is 29.2 Å². The molecule has 1 atom stereocenters. The highest BCUT2D eigenvalue weighted by Gasteiger charge is 2.24. The van der Waals surface area contributed by atoms with Crippen molar-refractivity contribution in [2.24, 2.45) is 0 Å². The first-order chi connectivity index (χ1) is 9.40. The molecule has 0 saturated heterocycles. The summed E-state index contributed by atoms with van der Waals surface area (Å²) in [6.07, 6.45) is 2.79. The molecule has 0 radical (unpaired) electrons. The maximum atomic E-state index is 12.9. The normalized spacial score (nSPS) is 12.6. The lowest BCUT2D eigenvalue weighted by Crippen LogP contribution is -2.42. The van der Waals surface area contributed by atoms with Gasteiger partial charge in [0.25, 0.3) is 5.91 Å². The van der Waals surface area contributed by atoms with Crippen LogP contribution in [0.3, 0.4) is 0 Å². The Morgan fingerprint density at radius 3 is 2.20 bits per heavy atom. The van der Waals surface area contributed by atoms with Gasteiger partial charge in [-0.05, 0) is 51.7 Å². The van der Waals surface area contributed by atoms with Crippen LogP contribution in [0.25, 0.3) is 0 Å². The number of hydrogen-bond acceptors (Lipinski definition) is 1. The molecule has 2 nitrogen and oxygen atoms in total. The molecule has 0 heterocycles. The van der Waals surface area contributed by atoms with Crippen LogP contribution in [0.4, 0.5) is 0 Å². The van der Waals surface area contributed by atoms with Gasteiger partial charge in [-0.1, -0.05) is 31.2 Å². The predicted molar refractivity (Wildman–Crippen MR) is 86.1 cm³/mol. The Morgan fingerprint density at radius 2 is 1.70 bits per heavy atom. The van der Waals surface area contributed by atoms with Gasteiger partial charge in [0, 0.05) is 17.6 Å². The molecule has 1 amide bonds. The summed E-state index contributed by atoms with van der Waals surface area (Å²) < 4.78 is 0. The molecule has 1 aromatic carbocycles. The van der Waals surface area contributed by atoms with Crippen LogP contribution >= 0.6 is 0 Å². The minimum Gasteiger partial charge on any atom is -0.334 e. The first kappa shape index (κ1) is 16.5. The molecule has 0 aromatic heterocycles. The number of carbonyl (C=O) groups is 1. The number of nitrogens with zero attached hydrogens (tertiary/aromatic N) is 1. The van der Waals surface area contributed by atoms with Crippen LogP contribution < -0.4 is 0 Å². The smallest absolute Gasteiger partial charge is 0.254 e. The molecule has 2 heteroatoms. The lowest BCUT2D eigenvalue weighted by Gasteiger charge is -2.32. The first-order valence-electron chi connectivity index (χ1n) is 7.42. The standard InChI is InChI=1S/C18H27NO/c1-7-10-15(6)16-11-8-9-12-17(16)18(20)19(13(2)3)14(4)5/h7-9,11-15H,1,10H2,2-6H3/t15-/m0/s1. The van der Waals surface area contributed by atoms with Crippen molar-refractivity contribution in [3.05, 3.63) is 48.0 Å². The molecular weight excluding hydrogens is 246 g/mol. The van der Waals surface area contributed by atoms with Crippen molar-refractivity contribution in [2.45, 2.75) is 59.0 Å². The highest BCUT2D eigenvalue weighted by atomic mass is 16.2. The minimum absolute atomic E-state index is 0.126. The molecule has 0 N–H and O–H groups in total. The molecule has 1 rings (SSSR count). The molecule has 0 saturated carbocycles. The van der Waals surface area contributed by atoms with E-state index in [9.17, 15) is 4.79 Å². The first-order valence-corrected chi connectivity index (χ1v) is 7.42. The summed E-state index contributed by atoms with van der Waals surface area (Å²) >= 11 is 0. The van der Waals surface area contributed by atoms with E-state index in [0.29, 0.717) is 5.92 Å². The Balaban J connectivity index is 3.18. The van der Waals surface area contributed by atoms with Crippen LogP contribution in [0.2, 0.25) is 0 Å². The fourth-order valence-electron chi connectivity index (χ4n) is 2.70. The monoisotopic (exact) mass is 273 g/mol. The van der Waals surface area contributed by atoms with E-state index >= 15 is 0 Å². The van der Waals surface area contributed by atoms with Gasteiger partial charge in [-0.3, -0.25) is 4.79 Å². The Bertz CT molecular complexity index is 454. The summed E-state index contributed by atoms with van der Waals surface area (Å²) in [6, 6.07) is 8.34. The van der Waals surface area contributed by atoms with E-state index < -0.39 is 0 Å². The van der Waals surface area contributed by atoms with Gasteiger partial charge in [0.2, 0.25) is 0 Å². The summed E-state index contributed by atoms with van der Waals surface area (Å²) in [4.78, 5) is 14.8. The van der Waals surface area contributed by atoms with Gasteiger partial charge in [-0.2, -0.15) is 0 Å². The third-order valence-electron chi connectivity index (χ3n) is 3.59. The average Bonchev–Trinajstić information content (AvgIpc) is 2.38. The largest absolute Gasteiger partial charge is 0.334 e. The highest BCUT2D eigenvalue weighted by molar-refractivity contribution is 5.96. The highest BCUT2D eigenvalue weighted by Crippen LogP contribution is 2.25. The average molecular weight is 273 g/mol. The number of hydrogen-bond donors (Lipinski definition) is 0. The molecule has 0 fully saturated rings. The molecule has 0 aliphatic heterocycles. The van der Waals surface area contributed by atoms with Gasteiger partial charge >= 0.3 is 0 Å². The Hall–Kier alpha value is -1.57. The molecule has 0 unspecified atom stereocenters. The summed E-state index contributed by atoms with van der Waals surface area (Å²) in [5, 5.41) is 0. The number of benzene rings is 1. The fourth-order valence-corrected chi connectivity index (χ4v) is 2.70. The second kappa shape index (κ2) is 7.28. The van der Waals surface area contributed by atoms with E-state index in [4.69, 9.17) is 0 Å². The zero-order valence-electron chi connectivity index (χ0n) is 13.4. The summed E-state index contributed by atoms with van der Waals surface area (Å²) in [7, 11) is 0. The van der Waals surface area contributed by atoms with E-state index in [2.05, 4.69) is 47.3 Å². The SMILES string of the molecule is C=CC[C@H](C)c1ccccc1C(=O)N(C(C)C)C(C)C. The van der Waals surface area contributed by atoms with E-state index in [-0.39, 0.29) is 18.0 Å². The van der Waals surface area contributed by atoms with Crippen molar-refractivity contribution < 1.29 is 4.79 Å². The number of carbonyl (C=O) groups excluding carboxylic acids is 1. The lowest BCUT2D eigenvalue weighted by atomic mass is 9.92. The van der Waals surface area contributed by atoms with Crippen molar-refractivity contribution in [3.63, 3.8) is 0 Å². The maximum Gasteiger partial charge on any atom is 0.254 e. The van der Waals surface area contributed by atoms with E-state index in [1.54, 1.807) is 0 Å². The number of allylic oxidation sites excluding steroid dienone is 1. The van der Waals surface area contributed by atoms with Gasteiger partial charge in [0.05, 0.1) is 0 Å². The predicted octanol–water partition coefficient (Wildman–Crippen LogP) is 4.63. The van der Waals surface area contributed by atoms with Crippen LogP contribution in [-0.4, -0.2) is 22.9 Å². The number of rotatable bonds is 6. The van der Waals surface area contributed by atoms with Crippen molar-refractivity contribution in [1.29, 1.82) is 0 Å². The van der Waals surface area contributed by atoms with Crippen LogP contribution in [0, 0.1) is 0 Å². The van der Waals surface area contributed by atoms with E-state index in [1.165, 1.54) is 0 Å². The topological polar surface area (TPSA) is 20.3 Å². The zero-order valence-corrected chi connectivity index (χ0v) is 13.4. The van der Waals surface area contributed by atoms with Gasteiger partial charge in [-0.15, -0.1) is 6.58 Å². The fraction of sp³-hybridized carbons (Fsp3) is 0.500. The van der Waals surface area contributed by atoms with Crippen molar-refractivity contribution >= 4 is 5.91 Å². The van der Waals surface area contributed by atoms with Crippen molar-refractivity contribution in [3.8, 4) is 0 Å². The van der Waals surface area contributed by atoms with Crippen LogP contribution in [-0.2, 0) is 0 Å². The van der Waals surface area contributed by atoms with Gasteiger partial charge < -0.3 is 4.90 Å². The van der Waals surface area contributed by atoms with Crippen molar-refractivity contribution in [1.82, 2.24) is 4.90 Å². The molecule has 110 valence electrons. The molecule has 0 bridgehead atoms. The quantitative estimate of drug-likeness (QED) is 0.692. The van der Waals surface area contributed by atoms with Crippen LogP contribution in [0.15, 0.2) is 36.9 Å². The van der Waals surface area contributed by atoms with Crippen molar-refractivity contribution in [2.75, 3.05) is 0 Å². The summed E-state index contributed by atoms with van der Waals surface area (Å²) in [5.41, 5.74) is 1.94. The molecule has 1 aromatic rings. The Labute approximate surface area is 123 Å². The molecule has 20 heavy (non-hydrogen) atoms. The maximum absolute atomic E-state index is 12.9. The minimum atomic E-state index is 0.126. The molecule has 0 spiro atoms. The molecular formula is C18H27NO. The summed E-state index contributed by atoms with van der Waals surface area (Å²) in [6.45, 7) is 14.2. The zero-order chi connectivity index (χ0) is 15.3. The second-order valence-electron chi connectivity index (χ2n) is 5.91. The van der Waals surface area contributed by atoms with E-state index in [0.717, 1.165) is 17.5 Å². The summed E-state index contributed by atoms with van der Waals surface area (Å²) in [5.74, 6) is 0.440. The number of amides is 1. The third kappa shape index (κ3) is 3.72. The Morgan fingerprint density at radius 1 is 1.15 bits per heavy atom. The van der Waals surface area contributed by atoms with Gasteiger partial charge in [-0.25, -0.2) is 0 Å². The second-order valence-corrected chi connectivity index (χ2v) is 5.91. The van der Waals surface area contributed by atoms with Crippen LogP contribution in [0.5, 0.6) is 0 Å². The Kier molecular flexibility index (Phi) is 6.00. The third-order valence-corrected chi connectivity index (χ3v) is 3.59. The van der Waals surface area contributed by atoms with Gasteiger partial charge in [0.1, 0.15) is 0 Å². The van der Waals surface area contributed by atoms with Gasteiger partial charge in [0.15, 0.2) is 0 Å². The van der Waals surface area contributed by atoms with Crippen LogP contribution in [0.1, 0.15) is 62.9 Å². The molecule has 0 aliphatic rings. The lowest BCUT2D eigenvalue weighted by molar-refractivity contribution is 0.0642. The molecule has 0 aliphatic carbocycles.